The first kappa shape index (κ1) is 30.7. The van der Waals surface area contributed by atoms with Crippen LogP contribution in [0.1, 0.15) is 79.6 Å². The minimum atomic E-state index is -0.775. The van der Waals surface area contributed by atoms with Crippen molar-refractivity contribution >= 4 is 23.6 Å². The number of unbranched alkanes of at least 4 members (excludes halogenated alkanes) is 3. The summed E-state index contributed by atoms with van der Waals surface area (Å²) in [5.74, 6) is -0.0381. The number of aliphatic hydroxyl groups excluding tert-OH is 1. The van der Waals surface area contributed by atoms with Crippen LogP contribution in [-0.2, 0) is 32.2 Å². The van der Waals surface area contributed by atoms with Gasteiger partial charge in [-0.25, -0.2) is 4.98 Å². The molecule has 1 saturated heterocycles. The van der Waals surface area contributed by atoms with Crippen LogP contribution in [0.4, 0.5) is 0 Å². The molecule has 2 heterocycles. The van der Waals surface area contributed by atoms with Crippen LogP contribution in [0.2, 0.25) is 0 Å². The summed E-state index contributed by atoms with van der Waals surface area (Å²) in [5, 5.41) is 22.0. The predicted octanol–water partition coefficient (Wildman–Crippen LogP) is 5.95. The number of aromatic nitrogens is 1. The fourth-order valence-electron chi connectivity index (χ4n) is 4.63. The minimum Gasteiger partial charge on any atom is -0.481 e. The van der Waals surface area contributed by atoms with E-state index >= 15 is 0 Å². The molecule has 8 nitrogen and oxygen atoms in total. The molecule has 2 aromatic carbocycles. The van der Waals surface area contributed by atoms with E-state index in [-0.39, 0.29) is 31.1 Å². The van der Waals surface area contributed by atoms with Crippen LogP contribution in [0, 0.1) is 0 Å². The summed E-state index contributed by atoms with van der Waals surface area (Å²) in [4.78, 5) is 27.2. The molecule has 3 unspecified atom stereocenters. The van der Waals surface area contributed by atoms with Crippen molar-refractivity contribution in [2.75, 3.05) is 5.75 Å². The fourth-order valence-corrected chi connectivity index (χ4v) is 5.51. The first-order chi connectivity index (χ1) is 20.0. The van der Waals surface area contributed by atoms with E-state index in [1.807, 2.05) is 66.7 Å². The molecule has 1 amide bonds. The zero-order valence-electron chi connectivity index (χ0n) is 23.1. The maximum absolute atomic E-state index is 12.2. The molecule has 0 bridgehead atoms. The number of pyridine rings is 1. The van der Waals surface area contributed by atoms with Crippen molar-refractivity contribution in [3.05, 3.63) is 95.2 Å². The average Bonchev–Trinajstić information content (AvgIpc) is 3.01. The molecule has 0 radical (unpaired) electrons. The third kappa shape index (κ3) is 10.3. The van der Waals surface area contributed by atoms with E-state index < -0.39 is 12.3 Å². The van der Waals surface area contributed by atoms with Gasteiger partial charge in [-0.3, -0.25) is 9.59 Å². The van der Waals surface area contributed by atoms with Crippen LogP contribution in [0.25, 0.3) is 0 Å². The van der Waals surface area contributed by atoms with Crippen LogP contribution < -0.4 is 5.32 Å². The monoisotopic (exact) mass is 578 g/mol. The molecule has 41 heavy (non-hydrogen) atoms. The Bertz CT molecular complexity index is 1220. The Morgan fingerprint density at radius 2 is 1.59 bits per heavy atom. The Hall–Kier alpha value is -3.24. The fraction of sp³-hybridized carbons (Fsp3) is 0.406. The van der Waals surface area contributed by atoms with Gasteiger partial charge in [-0.15, -0.1) is 11.8 Å². The molecular weight excluding hydrogens is 540 g/mol. The highest BCUT2D eigenvalue weighted by molar-refractivity contribution is 7.99. The number of aliphatic carboxylic acids is 1. The van der Waals surface area contributed by atoms with Gasteiger partial charge in [0.05, 0.1) is 23.8 Å². The summed E-state index contributed by atoms with van der Waals surface area (Å²) in [5.41, 5.74) is 3.80. The number of rotatable bonds is 15. The van der Waals surface area contributed by atoms with Crippen molar-refractivity contribution < 1.29 is 29.3 Å². The zero-order valence-corrected chi connectivity index (χ0v) is 23.9. The maximum Gasteiger partial charge on any atom is 0.303 e. The number of benzene rings is 2. The van der Waals surface area contributed by atoms with Gasteiger partial charge in [-0.1, -0.05) is 67.4 Å². The first-order valence-corrected chi connectivity index (χ1v) is 15.1. The van der Waals surface area contributed by atoms with Gasteiger partial charge in [-0.2, -0.15) is 0 Å². The van der Waals surface area contributed by atoms with Gasteiger partial charge in [0.2, 0.25) is 5.91 Å². The number of carbonyl (C=O) groups excluding carboxylic acids is 1. The highest BCUT2D eigenvalue weighted by Crippen LogP contribution is 2.39. The number of aliphatic hydroxyl groups is 1. The molecule has 4 rings (SSSR count). The van der Waals surface area contributed by atoms with Crippen LogP contribution in [-0.4, -0.2) is 38.9 Å². The molecule has 0 aliphatic carbocycles. The summed E-state index contributed by atoms with van der Waals surface area (Å²) >= 11 is 1.66. The van der Waals surface area contributed by atoms with E-state index in [0.29, 0.717) is 25.8 Å². The normalized spacial score (nSPS) is 18.6. The Morgan fingerprint density at radius 3 is 2.27 bits per heavy atom. The van der Waals surface area contributed by atoms with Crippen molar-refractivity contribution in [3.8, 4) is 0 Å². The number of hydrogen-bond donors (Lipinski definition) is 3. The number of thioether (sulfide) groups is 1. The molecule has 9 heteroatoms. The van der Waals surface area contributed by atoms with Crippen molar-refractivity contribution in [3.63, 3.8) is 0 Å². The third-order valence-corrected chi connectivity index (χ3v) is 8.03. The number of hydrogen-bond acceptors (Lipinski definition) is 7. The van der Waals surface area contributed by atoms with E-state index in [9.17, 15) is 14.7 Å². The summed E-state index contributed by atoms with van der Waals surface area (Å²) in [6.45, 7) is 0.440. The molecule has 1 aliphatic heterocycles. The maximum atomic E-state index is 12.2. The standard InChI is InChI=1S/C32H38N2O6S/c35-21-24-12-14-25(15-13-24)28-19-27(22-41-30-8-5-6-18-33-30)39-32(40-28)26-16-10-23(11-17-26)20-34-29(36)7-3-1-2-4-9-31(37)38/h5-6,8,10-18,27-28,32,35H,1-4,7,9,19-22H2,(H,34,36)(H,37,38). The van der Waals surface area contributed by atoms with Crippen LogP contribution >= 0.6 is 11.8 Å². The van der Waals surface area contributed by atoms with Crippen LogP contribution in [0.3, 0.4) is 0 Å². The van der Waals surface area contributed by atoms with E-state index in [4.69, 9.17) is 14.6 Å². The number of nitrogens with one attached hydrogen (secondary N) is 1. The number of carbonyl (C=O) groups is 2. The van der Waals surface area contributed by atoms with Gasteiger partial charge in [0.25, 0.3) is 0 Å². The lowest BCUT2D eigenvalue weighted by Gasteiger charge is -2.36. The Balaban J connectivity index is 1.32. The van der Waals surface area contributed by atoms with E-state index in [1.165, 1.54) is 0 Å². The second kappa shape index (κ2) is 16.3. The van der Waals surface area contributed by atoms with Gasteiger partial charge in [-0.05, 0) is 41.7 Å². The first-order valence-electron chi connectivity index (χ1n) is 14.1. The van der Waals surface area contributed by atoms with Crippen molar-refractivity contribution in [2.24, 2.45) is 0 Å². The topological polar surface area (TPSA) is 118 Å². The molecule has 3 N–H and O–H groups in total. The summed E-state index contributed by atoms with van der Waals surface area (Å²) in [7, 11) is 0. The molecule has 0 saturated carbocycles. The average molecular weight is 579 g/mol. The zero-order chi connectivity index (χ0) is 28.9. The van der Waals surface area contributed by atoms with Gasteiger partial charge in [0, 0.05) is 43.3 Å². The molecular formula is C32H38N2O6S. The van der Waals surface area contributed by atoms with Crippen LogP contribution in [0.5, 0.6) is 0 Å². The molecule has 3 atom stereocenters. The molecule has 1 fully saturated rings. The van der Waals surface area contributed by atoms with E-state index in [1.54, 1.807) is 18.0 Å². The number of ether oxygens (including phenoxy) is 2. The van der Waals surface area contributed by atoms with Gasteiger partial charge in [0.15, 0.2) is 6.29 Å². The lowest BCUT2D eigenvalue weighted by atomic mass is 10.0. The SMILES string of the molecule is O=C(O)CCCCCCC(=O)NCc1ccc(C2OC(CSc3ccccn3)CC(c3ccc(CO)cc3)O2)cc1. The summed E-state index contributed by atoms with van der Waals surface area (Å²) < 4.78 is 12.8. The summed E-state index contributed by atoms with van der Waals surface area (Å²) in [6, 6.07) is 21.6. The second-order valence-corrected chi connectivity index (χ2v) is 11.2. The lowest BCUT2D eigenvalue weighted by molar-refractivity contribution is -0.245. The highest BCUT2D eigenvalue weighted by Gasteiger charge is 2.32. The van der Waals surface area contributed by atoms with Crippen LogP contribution in [0.15, 0.2) is 78.0 Å². The van der Waals surface area contributed by atoms with Crippen molar-refractivity contribution in [1.82, 2.24) is 10.3 Å². The number of carboxylic acid groups (broad SMARTS) is 1. The largest absolute Gasteiger partial charge is 0.481 e. The number of amides is 1. The molecule has 1 aromatic heterocycles. The van der Waals surface area contributed by atoms with Gasteiger partial charge >= 0.3 is 5.97 Å². The smallest absolute Gasteiger partial charge is 0.303 e. The highest BCUT2D eigenvalue weighted by atomic mass is 32.2. The minimum absolute atomic E-state index is 0.00226. The second-order valence-electron chi connectivity index (χ2n) is 10.2. The molecule has 0 spiro atoms. The third-order valence-electron chi connectivity index (χ3n) is 6.96. The number of nitrogens with zero attached hydrogens (tertiary/aromatic N) is 1. The molecule has 3 aromatic rings. The van der Waals surface area contributed by atoms with E-state index in [2.05, 4.69) is 10.3 Å². The Kier molecular flexibility index (Phi) is 12.2. The Morgan fingerprint density at radius 1 is 0.878 bits per heavy atom. The Labute approximate surface area is 245 Å². The van der Waals surface area contributed by atoms with Crippen molar-refractivity contribution in [1.29, 1.82) is 0 Å². The molecule has 1 aliphatic rings. The predicted molar refractivity (Wildman–Crippen MR) is 157 cm³/mol. The van der Waals surface area contributed by atoms with Gasteiger partial charge < -0.3 is 25.0 Å². The quantitative estimate of drug-likeness (QED) is 0.150. The van der Waals surface area contributed by atoms with Gasteiger partial charge in [0.1, 0.15) is 0 Å². The number of carboxylic acids is 1. The summed E-state index contributed by atoms with van der Waals surface area (Å²) in [6.07, 6.45) is 5.46. The van der Waals surface area contributed by atoms with E-state index in [0.717, 1.165) is 52.3 Å². The lowest BCUT2D eigenvalue weighted by Crippen LogP contribution is -2.31. The molecule has 218 valence electrons. The van der Waals surface area contributed by atoms with Crippen molar-refractivity contribution in [2.45, 2.75) is 81.6 Å².